The number of aliphatic hydroxyl groups is 1. The normalized spacial score (nSPS) is 11.3. The van der Waals surface area contributed by atoms with Gasteiger partial charge in [0, 0.05) is 18.3 Å². The number of rotatable bonds is 5. The van der Waals surface area contributed by atoms with Crippen molar-refractivity contribution in [3.8, 4) is 5.69 Å². The Morgan fingerprint density at radius 1 is 1.30 bits per heavy atom. The molecule has 1 aromatic heterocycles. The average Bonchev–Trinajstić information content (AvgIpc) is 2.88. The van der Waals surface area contributed by atoms with Crippen molar-refractivity contribution in [1.29, 1.82) is 0 Å². The van der Waals surface area contributed by atoms with Crippen LogP contribution in [0.2, 0.25) is 0 Å². The topological polar surface area (TPSA) is 67.2 Å². The summed E-state index contributed by atoms with van der Waals surface area (Å²) in [6.45, 7) is 3.77. The summed E-state index contributed by atoms with van der Waals surface area (Å²) in [6.07, 6.45) is 2.25. The van der Waals surface area contributed by atoms with Crippen molar-refractivity contribution in [2.24, 2.45) is 0 Å². The lowest BCUT2D eigenvalue weighted by atomic mass is 10.0. The Morgan fingerprint density at radius 3 is 2.65 bits per heavy atom. The van der Waals surface area contributed by atoms with Crippen LogP contribution in [0, 0.1) is 0 Å². The quantitative estimate of drug-likeness (QED) is 0.872. The van der Waals surface area contributed by atoms with Crippen LogP contribution >= 0.6 is 0 Å². The Bertz CT molecular complexity index is 576. The molecule has 2 rings (SSSR count). The first-order valence-electron chi connectivity index (χ1n) is 6.56. The maximum Gasteiger partial charge on any atom is 0.272 e. The minimum Gasteiger partial charge on any atom is -0.396 e. The lowest BCUT2D eigenvalue weighted by molar-refractivity contribution is 0.0894. The van der Waals surface area contributed by atoms with Gasteiger partial charge in [0.05, 0.1) is 5.69 Å². The molecule has 5 heteroatoms. The van der Waals surface area contributed by atoms with Crippen LogP contribution in [-0.2, 0) is 0 Å². The summed E-state index contributed by atoms with van der Waals surface area (Å²) in [5.41, 5.74) is 0.809. The molecule has 0 fully saturated rings. The van der Waals surface area contributed by atoms with E-state index >= 15 is 0 Å². The lowest BCUT2D eigenvalue weighted by Crippen LogP contribution is -2.44. The maximum atomic E-state index is 12.1. The van der Waals surface area contributed by atoms with Gasteiger partial charge in [-0.2, -0.15) is 5.10 Å². The van der Waals surface area contributed by atoms with E-state index in [1.807, 2.05) is 44.2 Å². The van der Waals surface area contributed by atoms with Gasteiger partial charge in [-0.3, -0.25) is 4.79 Å². The molecule has 0 aliphatic carbocycles. The molecule has 0 atom stereocenters. The van der Waals surface area contributed by atoms with E-state index in [-0.39, 0.29) is 12.5 Å². The molecular weight excluding hydrogens is 254 g/mol. The molecule has 1 heterocycles. The third kappa shape index (κ3) is 3.45. The van der Waals surface area contributed by atoms with Gasteiger partial charge in [-0.15, -0.1) is 0 Å². The van der Waals surface area contributed by atoms with E-state index in [0.29, 0.717) is 12.1 Å². The van der Waals surface area contributed by atoms with Gasteiger partial charge >= 0.3 is 0 Å². The molecule has 0 unspecified atom stereocenters. The highest BCUT2D eigenvalue weighted by Gasteiger charge is 2.21. The molecule has 2 aromatic rings. The number of aromatic nitrogens is 2. The number of hydrogen-bond acceptors (Lipinski definition) is 3. The van der Waals surface area contributed by atoms with Gasteiger partial charge in [-0.05, 0) is 38.5 Å². The fourth-order valence-corrected chi connectivity index (χ4v) is 1.88. The number of carbonyl (C=O) groups excluding carboxylic acids is 1. The highest BCUT2D eigenvalue weighted by atomic mass is 16.3. The molecule has 0 aliphatic heterocycles. The Balaban J connectivity index is 2.11. The van der Waals surface area contributed by atoms with Gasteiger partial charge in [0.25, 0.3) is 5.91 Å². The van der Waals surface area contributed by atoms with Crippen molar-refractivity contribution in [1.82, 2.24) is 15.1 Å². The standard InChI is InChI=1S/C15H19N3O2/c1-15(2,9-11-19)16-14(20)13-8-10-18(17-13)12-6-4-3-5-7-12/h3-8,10,19H,9,11H2,1-2H3,(H,16,20). The Morgan fingerprint density at radius 2 is 2.00 bits per heavy atom. The number of para-hydroxylation sites is 1. The largest absolute Gasteiger partial charge is 0.396 e. The van der Waals surface area contributed by atoms with E-state index in [9.17, 15) is 4.79 Å². The van der Waals surface area contributed by atoms with Crippen molar-refractivity contribution < 1.29 is 9.90 Å². The van der Waals surface area contributed by atoms with E-state index < -0.39 is 5.54 Å². The van der Waals surface area contributed by atoms with Crippen LogP contribution in [0.15, 0.2) is 42.6 Å². The SMILES string of the molecule is CC(C)(CCO)NC(=O)c1ccn(-c2ccccc2)n1. The third-order valence-corrected chi connectivity index (χ3v) is 3.03. The summed E-state index contributed by atoms with van der Waals surface area (Å²) in [6, 6.07) is 11.3. The van der Waals surface area contributed by atoms with Gasteiger partial charge in [0.1, 0.15) is 0 Å². The summed E-state index contributed by atoms with van der Waals surface area (Å²) in [7, 11) is 0. The number of nitrogens with zero attached hydrogens (tertiary/aromatic N) is 2. The number of hydrogen-bond donors (Lipinski definition) is 2. The zero-order valence-corrected chi connectivity index (χ0v) is 11.7. The van der Waals surface area contributed by atoms with Crippen molar-refractivity contribution in [2.45, 2.75) is 25.8 Å². The summed E-state index contributed by atoms with van der Waals surface area (Å²) in [5.74, 6) is -0.238. The molecule has 106 valence electrons. The van der Waals surface area contributed by atoms with Crippen molar-refractivity contribution >= 4 is 5.91 Å². The number of carbonyl (C=O) groups is 1. The van der Waals surface area contributed by atoms with E-state index in [2.05, 4.69) is 10.4 Å². The molecule has 0 radical (unpaired) electrons. The Kier molecular flexibility index (Phi) is 4.20. The second-order valence-corrected chi connectivity index (χ2v) is 5.29. The highest BCUT2D eigenvalue weighted by Crippen LogP contribution is 2.10. The monoisotopic (exact) mass is 273 g/mol. The van der Waals surface area contributed by atoms with Crippen molar-refractivity contribution in [2.75, 3.05) is 6.61 Å². The number of benzene rings is 1. The molecular formula is C15H19N3O2. The summed E-state index contributed by atoms with van der Waals surface area (Å²) >= 11 is 0. The predicted molar refractivity (Wildman–Crippen MR) is 76.8 cm³/mol. The molecule has 0 bridgehead atoms. The summed E-state index contributed by atoms with van der Waals surface area (Å²) in [5, 5.41) is 16.1. The fraction of sp³-hybridized carbons (Fsp3) is 0.333. The van der Waals surface area contributed by atoms with Crippen LogP contribution in [0.5, 0.6) is 0 Å². The van der Waals surface area contributed by atoms with Gasteiger partial charge in [0.2, 0.25) is 0 Å². The number of aliphatic hydroxyl groups excluding tert-OH is 1. The van der Waals surface area contributed by atoms with Gasteiger partial charge in [0.15, 0.2) is 5.69 Å². The first-order chi connectivity index (χ1) is 9.52. The minimum atomic E-state index is -0.456. The highest BCUT2D eigenvalue weighted by molar-refractivity contribution is 5.92. The van der Waals surface area contributed by atoms with Crippen LogP contribution < -0.4 is 5.32 Å². The number of amides is 1. The zero-order chi connectivity index (χ0) is 14.6. The Labute approximate surface area is 118 Å². The van der Waals surface area contributed by atoms with Crippen molar-refractivity contribution in [3.05, 3.63) is 48.3 Å². The first-order valence-corrected chi connectivity index (χ1v) is 6.56. The van der Waals surface area contributed by atoms with Crippen LogP contribution in [0.4, 0.5) is 0 Å². The van der Waals surface area contributed by atoms with E-state index in [0.717, 1.165) is 5.69 Å². The minimum absolute atomic E-state index is 0.0335. The molecule has 0 spiro atoms. The van der Waals surface area contributed by atoms with Gasteiger partial charge < -0.3 is 10.4 Å². The number of nitrogens with one attached hydrogen (secondary N) is 1. The summed E-state index contributed by atoms with van der Waals surface area (Å²) < 4.78 is 1.66. The molecule has 2 N–H and O–H groups in total. The van der Waals surface area contributed by atoms with Crippen LogP contribution in [-0.4, -0.2) is 32.9 Å². The molecule has 1 aromatic carbocycles. The lowest BCUT2D eigenvalue weighted by Gasteiger charge is -2.24. The van der Waals surface area contributed by atoms with Gasteiger partial charge in [-0.1, -0.05) is 18.2 Å². The van der Waals surface area contributed by atoms with E-state index in [1.165, 1.54) is 0 Å². The second-order valence-electron chi connectivity index (χ2n) is 5.29. The molecule has 5 nitrogen and oxygen atoms in total. The van der Waals surface area contributed by atoms with Gasteiger partial charge in [-0.25, -0.2) is 4.68 Å². The molecule has 20 heavy (non-hydrogen) atoms. The molecule has 0 aliphatic rings. The predicted octanol–water partition coefficient (Wildman–Crippen LogP) is 1.76. The molecule has 1 amide bonds. The zero-order valence-electron chi connectivity index (χ0n) is 11.7. The Hall–Kier alpha value is -2.14. The van der Waals surface area contributed by atoms with E-state index in [4.69, 9.17) is 5.11 Å². The summed E-state index contributed by atoms with van der Waals surface area (Å²) in [4.78, 5) is 12.1. The molecule has 0 saturated heterocycles. The fourth-order valence-electron chi connectivity index (χ4n) is 1.88. The van der Waals surface area contributed by atoms with Crippen molar-refractivity contribution in [3.63, 3.8) is 0 Å². The maximum absolute atomic E-state index is 12.1. The second kappa shape index (κ2) is 5.88. The van der Waals surface area contributed by atoms with Crippen LogP contribution in [0.1, 0.15) is 30.8 Å². The molecule has 0 saturated carbocycles. The first kappa shape index (κ1) is 14.3. The van der Waals surface area contributed by atoms with Crippen LogP contribution in [0.25, 0.3) is 5.69 Å². The third-order valence-electron chi connectivity index (χ3n) is 3.03. The smallest absolute Gasteiger partial charge is 0.272 e. The van der Waals surface area contributed by atoms with Crippen LogP contribution in [0.3, 0.4) is 0 Å². The van der Waals surface area contributed by atoms with E-state index in [1.54, 1.807) is 16.9 Å². The average molecular weight is 273 g/mol.